The minimum absolute atomic E-state index is 0.551. The Balaban J connectivity index is 1.86. The zero-order valence-corrected chi connectivity index (χ0v) is 9.78. The Morgan fingerprint density at radius 1 is 1.27 bits per heavy atom. The van der Waals surface area contributed by atoms with Gasteiger partial charge in [-0.2, -0.15) is 0 Å². The molecule has 15 heavy (non-hydrogen) atoms. The predicted molar refractivity (Wildman–Crippen MR) is 63.8 cm³/mol. The van der Waals surface area contributed by atoms with Gasteiger partial charge in [0.2, 0.25) is 0 Å². The number of hydrogen-bond acceptors (Lipinski definition) is 1. The highest BCUT2D eigenvalue weighted by Crippen LogP contribution is 2.24. The first-order valence-electron chi connectivity index (χ1n) is 6.37. The second-order valence-corrected chi connectivity index (χ2v) is 4.91. The van der Waals surface area contributed by atoms with Crippen molar-refractivity contribution in [3.8, 4) is 0 Å². The second kappa shape index (κ2) is 4.86. The molecule has 1 heterocycles. The summed E-state index contributed by atoms with van der Waals surface area (Å²) in [6.45, 7) is 4.51. The molecule has 1 aliphatic heterocycles. The number of nitrogens with two attached hydrogens (primary N) is 1. The van der Waals surface area contributed by atoms with E-state index in [1.807, 2.05) is 0 Å². The van der Waals surface area contributed by atoms with Crippen LogP contribution in [0.25, 0.3) is 0 Å². The molecule has 0 aromatic heterocycles. The highest BCUT2D eigenvalue weighted by Gasteiger charge is 2.23. The maximum Gasteiger partial charge on any atom is 0.191 e. The van der Waals surface area contributed by atoms with Crippen LogP contribution in [0.15, 0.2) is 4.99 Å². The molecule has 1 aliphatic carbocycles. The van der Waals surface area contributed by atoms with E-state index in [0.29, 0.717) is 6.04 Å². The number of rotatable bonds is 2. The number of hydrogen-bond donors (Lipinski definition) is 1. The average molecular weight is 209 g/mol. The molecule has 0 bridgehead atoms. The fourth-order valence-electron chi connectivity index (χ4n) is 2.28. The Kier molecular flexibility index (Phi) is 3.49. The highest BCUT2D eigenvalue weighted by atomic mass is 15.3. The maximum atomic E-state index is 6.02. The number of nitrogens with zero attached hydrogens (tertiary/aromatic N) is 2. The van der Waals surface area contributed by atoms with E-state index in [9.17, 15) is 0 Å². The third kappa shape index (κ3) is 3.11. The summed E-state index contributed by atoms with van der Waals surface area (Å²) in [5.41, 5.74) is 6.02. The van der Waals surface area contributed by atoms with E-state index < -0.39 is 0 Å². The van der Waals surface area contributed by atoms with Crippen LogP contribution in [-0.4, -0.2) is 30.0 Å². The fourth-order valence-corrected chi connectivity index (χ4v) is 2.28. The zero-order chi connectivity index (χ0) is 10.7. The first kappa shape index (κ1) is 10.8. The van der Waals surface area contributed by atoms with Crippen molar-refractivity contribution in [1.29, 1.82) is 0 Å². The Morgan fingerprint density at radius 3 is 2.73 bits per heavy atom. The predicted octanol–water partition coefficient (Wildman–Crippen LogP) is 1.98. The van der Waals surface area contributed by atoms with Crippen LogP contribution in [0.1, 0.15) is 45.4 Å². The van der Waals surface area contributed by atoms with Crippen LogP contribution < -0.4 is 5.73 Å². The Morgan fingerprint density at radius 2 is 2.07 bits per heavy atom. The lowest BCUT2D eigenvalue weighted by atomic mass is 9.98. The number of aliphatic imine (C=N–C) groups is 1. The van der Waals surface area contributed by atoms with Gasteiger partial charge >= 0.3 is 0 Å². The van der Waals surface area contributed by atoms with Gasteiger partial charge in [0, 0.05) is 13.1 Å². The summed E-state index contributed by atoms with van der Waals surface area (Å²) in [6.07, 6.45) is 7.73. The minimum Gasteiger partial charge on any atom is -0.370 e. The van der Waals surface area contributed by atoms with E-state index in [1.54, 1.807) is 0 Å². The molecule has 2 rings (SSSR count). The van der Waals surface area contributed by atoms with Crippen LogP contribution in [0.5, 0.6) is 0 Å². The molecular formula is C12H23N3. The van der Waals surface area contributed by atoms with Crippen molar-refractivity contribution < 1.29 is 0 Å². The molecule has 0 amide bonds. The molecule has 1 saturated heterocycles. The van der Waals surface area contributed by atoms with Crippen molar-refractivity contribution in [3.05, 3.63) is 0 Å². The molecule has 1 atom stereocenters. The van der Waals surface area contributed by atoms with Gasteiger partial charge in [0.15, 0.2) is 5.96 Å². The lowest BCUT2D eigenvalue weighted by Crippen LogP contribution is -2.38. The van der Waals surface area contributed by atoms with Crippen LogP contribution in [0, 0.1) is 5.92 Å². The van der Waals surface area contributed by atoms with E-state index in [-0.39, 0.29) is 0 Å². The van der Waals surface area contributed by atoms with Crippen molar-refractivity contribution in [3.63, 3.8) is 0 Å². The number of guanidine groups is 1. The third-order valence-corrected chi connectivity index (χ3v) is 3.61. The molecule has 2 fully saturated rings. The van der Waals surface area contributed by atoms with Crippen LogP contribution in [0.3, 0.4) is 0 Å². The van der Waals surface area contributed by atoms with Crippen molar-refractivity contribution in [2.75, 3.05) is 13.1 Å². The topological polar surface area (TPSA) is 41.6 Å². The summed E-state index contributed by atoms with van der Waals surface area (Å²) < 4.78 is 0. The first-order chi connectivity index (χ1) is 7.29. The van der Waals surface area contributed by atoms with Gasteiger partial charge in [-0.25, -0.2) is 4.99 Å². The van der Waals surface area contributed by atoms with Crippen molar-refractivity contribution in [2.24, 2.45) is 16.6 Å². The van der Waals surface area contributed by atoms with E-state index in [0.717, 1.165) is 25.0 Å². The van der Waals surface area contributed by atoms with E-state index in [4.69, 9.17) is 5.73 Å². The summed E-state index contributed by atoms with van der Waals surface area (Å²) in [4.78, 5) is 6.81. The molecule has 0 aromatic rings. The molecule has 1 unspecified atom stereocenters. The summed E-state index contributed by atoms with van der Waals surface area (Å²) in [5.74, 6) is 1.71. The molecular weight excluding hydrogens is 186 g/mol. The SMILES string of the molecule is CCC1CCCN(C(N)=NC2CC2)CC1. The largest absolute Gasteiger partial charge is 0.370 e. The van der Waals surface area contributed by atoms with E-state index in [2.05, 4.69) is 16.8 Å². The molecule has 0 aromatic carbocycles. The van der Waals surface area contributed by atoms with E-state index in [1.165, 1.54) is 38.5 Å². The van der Waals surface area contributed by atoms with Gasteiger partial charge in [-0.3, -0.25) is 0 Å². The molecule has 86 valence electrons. The molecule has 2 N–H and O–H groups in total. The van der Waals surface area contributed by atoms with Crippen LogP contribution in [-0.2, 0) is 0 Å². The molecule has 0 spiro atoms. The lowest BCUT2D eigenvalue weighted by molar-refractivity contribution is 0.407. The Labute approximate surface area is 92.7 Å². The zero-order valence-electron chi connectivity index (χ0n) is 9.78. The Bertz CT molecular complexity index is 233. The van der Waals surface area contributed by atoms with Crippen LogP contribution in [0.2, 0.25) is 0 Å². The monoisotopic (exact) mass is 209 g/mol. The normalized spacial score (nSPS) is 29.0. The molecule has 2 aliphatic rings. The molecule has 1 saturated carbocycles. The average Bonchev–Trinajstić information content (AvgIpc) is 3.02. The highest BCUT2D eigenvalue weighted by molar-refractivity contribution is 5.78. The van der Waals surface area contributed by atoms with Gasteiger partial charge in [0.05, 0.1) is 6.04 Å². The third-order valence-electron chi connectivity index (χ3n) is 3.61. The summed E-state index contributed by atoms with van der Waals surface area (Å²) in [7, 11) is 0. The van der Waals surface area contributed by atoms with Gasteiger partial charge < -0.3 is 10.6 Å². The fraction of sp³-hybridized carbons (Fsp3) is 0.917. The van der Waals surface area contributed by atoms with Gasteiger partial charge in [0.25, 0.3) is 0 Å². The van der Waals surface area contributed by atoms with Crippen molar-refractivity contribution in [2.45, 2.75) is 51.5 Å². The van der Waals surface area contributed by atoms with Crippen LogP contribution >= 0.6 is 0 Å². The summed E-state index contributed by atoms with van der Waals surface area (Å²) in [6, 6.07) is 0.551. The molecule has 3 nitrogen and oxygen atoms in total. The minimum atomic E-state index is 0.551. The van der Waals surface area contributed by atoms with Gasteiger partial charge in [0.1, 0.15) is 0 Å². The Hall–Kier alpha value is -0.730. The standard InChI is InChI=1S/C12H23N3/c1-2-10-4-3-8-15(9-7-10)12(13)14-11-5-6-11/h10-11H,2-9H2,1H3,(H2,13,14). The van der Waals surface area contributed by atoms with Crippen molar-refractivity contribution >= 4 is 5.96 Å². The molecule has 3 heteroatoms. The summed E-state index contributed by atoms with van der Waals surface area (Å²) >= 11 is 0. The van der Waals surface area contributed by atoms with Gasteiger partial charge in [-0.15, -0.1) is 0 Å². The van der Waals surface area contributed by atoms with Gasteiger partial charge in [-0.05, 0) is 38.0 Å². The molecule has 0 radical (unpaired) electrons. The van der Waals surface area contributed by atoms with Crippen molar-refractivity contribution in [1.82, 2.24) is 4.90 Å². The quantitative estimate of drug-likeness (QED) is 0.558. The lowest BCUT2D eigenvalue weighted by Gasteiger charge is -2.21. The maximum absolute atomic E-state index is 6.02. The summed E-state index contributed by atoms with van der Waals surface area (Å²) in [5, 5.41) is 0. The van der Waals surface area contributed by atoms with Gasteiger partial charge in [-0.1, -0.05) is 13.3 Å². The van der Waals surface area contributed by atoms with E-state index >= 15 is 0 Å². The smallest absolute Gasteiger partial charge is 0.191 e. The first-order valence-corrected chi connectivity index (χ1v) is 6.37. The number of likely N-dealkylation sites (tertiary alicyclic amines) is 1. The second-order valence-electron chi connectivity index (χ2n) is 4.91. The van der Waals surface area contributed by atoms with Crippen LogP contribution in [0.4, 0.5) is 0 Å².